The van der Waals surface area contributed by atoms with Crippen LogP contribution in [0.3, 0.4) is 0 Å². The Bertz CT molecular complexity index is 694. The topological polar surface area (TPSA) is 66.9 Å². The molecule has 100 valence electrons. The molecule has 2 N–H and O–H groups in total. The number of rotatable bonds is 3. The Labute approximate surface area is 116 Å². The van der Waals surface area contributed by atoms with Crippen LogP contribution in [0.4, 0.5) is 5.82 Å². The molecule has 5 nitrogen and oxygen atoms in total. The molecule has 5 heteroatoms. The molecule has 0 spiro atoms. The smallest absolute Gasteiger partial charge is 0.212 e. The van der Waals surface area contributed by atoms with Crippen LogP contribution in [-0.2, 0) is 11.3 Å². The molecule has 2 aromatic heterocycles. The second-order valence-corrected chi connectivity index (χ2v) is 4.63. The van der Waals surface area contributed by atoms with Gasteiger partial charge in [-0.2, -0.15) is 0 Å². The number of hydrogen-bond donors (Lipinski definition) is 2. The maximum Gasteiger partial charge on any atom is 0.212 e. The molecule has 3 rings (SSSR count). The number of anilines is 1. The Hall–Kier alpha value is -2.69. The number of carbonyl (C=O) groups is 1. The second kappa shape index (κ2) is 5.13. The highest BCUT2D eigenvalue weighted by Crippen LogP contribution is 2.25. The number of aromatic nitrogens is 2. The summed E-state index contributed by atoms with van der Waals surface area (Å²) in [5, 5.41) is 5.94. The first kappa shape index (κ1) is 12.3. The molecule has 0 fully saturated rings. The summed E-state index contributed by atoms with van der Waals surface area (Å²) < 4.78 is 0. The Balaban J connectivity index is 1.98. The first-order valence-corrected chi connectivity index (χ1v) is 6.33. The molecule has 0 saturated heterocycles. The fraction of sp³-hybridized carbons (Fsp3) is 0.133. The van der Waals surface area contributed by atoms with Crippen molar-refractivity contribution in [2.24, 2.45) is 0 Å². The van der Waals surface area contributed by atoms with Crippen LogP contribution in [-0.4, -0.2) is 16.4 Å². The molecule has 1 aliphatic heterocycles. The van der Waals surface area contributed by atoms with Gasteiger partial charge in [-0.1, -0.05) is 0 Å². The summed E-state index contributed by atoms with van der Waals surface area (Å²) in [5.41, 5.74) is 5.47. The molecule has 0 aliphatic carbocycles. The Morgan fingerprint density at radius 1 is 1.40 bits per heavy atom. The molecule has 0 aromatic carbocycles. The molecule has 1 amide bonds. The van der Waals surface area contributed by atoms with E-state index in [1.807, 2.05) is 18.3 Å². The molecule has 3 heterocycles. The number of hydrogen-bond acceptors (Lipinski definition) is 4. The van der Waals surface area contributed by atoms with Crippen LogP contribution in [0.25, 0.3) is 11.8 Å². The minimum atomic E-state index is 0.565. The first-order chi connectivity index (χ1) is 9.78. The van der Waals surface area contributed by atoms with Gasteiger partial charge in [0, 0.05) is 36.4 Å². The molecular weight excluding hydrogens is 252 g/mol. The molecule has 0 atom stereocenters. The van der Waals surface area contributed by atoms with E-state index in [0.717, 1.165) is 22.4 Å². The highest BCUT2D eigenvalue weighted by Gasteiger charge is 2.13. The van der Waals surface area contributed by atoms with Crippen LogP contribution < -0.4 is 10.6 Å². The van der Waals surface area contributed by atoms with Crippen LogP contribution in [0.2, 0.25) is 0 Å². The number of aryl methyl sites for hydroxylation is 1. The van der Waals surface area contributed by atoms with Gasteiger partial charge in [0.2, 0.25) is 6.41 Å². The summed E-state index contributed by atoms with van der Waals surface area (Å²) in [6.45, 7) is 2.76. The molecule has 20 heavy (non-hydrogen) atoms. The Kier molecular flexibility index (Phi) is 3.16. The molecule has 0 radical (unpaired) electrons. The number of amides is 1. The van der Waals surface area contributed by atoms with E-state index >= 15 is 0 Å². The standard InChI is InChI=1S/C15H14N4O/c1-10-2-3-16-8-13(10)14-4-11-7-18-15(19-9-20)5-12(11)6-17-14/h2-5,7-9,17H,6H2,1H3,(H,18,19,20). The van der Waals surface area contributed by atoms with Gasteiger partial charge in [0.15, 0.2) is 0 Å². The maximum absolute atomic E-state index is 10.4. The van der Waals surface area contributed by atoms with Crippen LogP contribution in [0.15, 0.2) is 30.7 Å². The monoisotopic (exact) mass is 266 g/mol. The SMILES string of the molecule is Cc1ccncc1C1=Cc2cnc(NC=O)cc2CN1. The largest absolute Gasteiger partial charge is 0.380 e. The van der Waals surface area contributed by atoms with Crippen molar-refractivity contribution in [2.75, 3.05) is 5.32 Å². The van der Waals surface area contributed by atoms with Gasteiger partial charge in [-0.25, -0.2) is 4.98 Å². The summed E-state index contributed by atoms with van der Waals surface area (Å²) in [5.74, 6) is 0.565. The van der Waals surface area contributed by atoms with Crippen molar-refractivity contribution < 1.29 is 4.79 Å². The molecular formula is C15H14N4O. The van der Waals surface area contributed by atoms with Crippen LogP contribution in [0, 0.1) is 6.92 Å². The number of fused-ring (bicyclic) bond motifs is 1. The van der Waals surface area contributed by atoms with E-state index in [0.29, 0.717) is 18.8 Å². The van der Waals surface area contributed by atoms with Gasteiger partial charge in [0.25, 0.3) is 0 Å². The van der Waals surface area contributed by atoms with E-state index in [1.165, 1.54) is 5.56 Å². The average Bonchev–Trinajstić information content (AvgIpc) is 2.48. The van der Waals surface area contributed by atoms with Gasteiger partial charge < -0.3 is 10.6 Å². The van der Waals surface area contributed by atoms with Crippen molar-refractivity contribution in [3.05, 3.63) is 53.0 Å². The molecule has 0 unspecified atom stereocenters. The lowest BCUT2D eigenvalue weighted by molar-refractivity contribution is -0.105. The van der Waals surface area contributed by atoms with Crippen molar-refractivity contribution >= 4 is 24.0 Å². The average molecular weight is 266 g/mol. The van der Waals surface area contributed by atoms with E-state index in [9.17, 15) is 4.79 Å². The van der Waals surface area contributed by atoms with Gasteiger partial charge in [-0.05, 0) is 41.8 Å². The normalized spacial score (nSPS) is 12.9. The van der Waals surface area contributed by atoms with E-state index in [1.54, 1.807) is 12.4 Å². The second-order valence-electron chi connectivity index (χ2n) is 4.63. The van der Waals surface area contributed by atoms with E-state index in [2.05, 4.69) is 33.6 Å². The van der Waals surface area contributed by atoms with Crippen LogP contribution in [0.1, 0.15) is 22.3 Å². The summed E-state index contributed by atoms with van der Waals surface area (Å²) in [4.78, 5) is 18.8. The lowest BCUT2D eigenvalue weighted by Gasteiger charge is -2.20. The lowest BCUT2D eigenvalue weighted by Crippen LogP contribution is -2.18. The highest BCUT2D eigenvalue weighted by atomic mass is 16.1. The Morgan fingerprint density at radius 2 is 2.30 bits per heavy atom. The summed E-state index contributed by atoms with van der Waals surface area (Å²) in [6, 6.07) is 3.86. The maximum atomic E-state index is 10.4. The summed E-state index contributed by atoms with van der Waals surface area (Å²) >= 11 is 0. The molecule has 0 saturated carbocycles. The van der Waals surface area contributed by atoms with Gasteiger partial charge in [0.05, 0.1) is 0 Å². The van der Waals surface area contributed by atoms with Crippen molar-refractivity contribution in [3.8, 4) is 0 Å². The fourth-order valence-electron chi connectivity index (χ4n) is 2.25. The van der Waals surface area contributed by atoms with E-state index in [4.69, 9.17) is 0 Å². The third-order valence-corrected chi connectivity index (χ3v) is 3.33. The number of pyridine rings is 2. The molecule has 0 bridgehead atoms. The van der Waals surface area contributed by atoms with Gasteiger partial charge >= 0.3 is 0 Å². The van der Waals surface area contributed by atoms with Gasteiger partial charge in [-0.15, -0.1) is 0 Å². The molecule has 2 aromatic rings. The van der Waals surface area contributed by atoms with Crippen LogP contribution >= 0.6 is 0 Å². The van der Waals surface area contributed by atoms with Crippen molar-refractivity contribution in [2.45, 2.75) is 13.5 Å². The van der Waals surface area contributed by atoms with Crippen molar-refractivity contribution in [3.63, 3.8) is 0 Å². The lowest BCUT2D eigenvalue weighted by atomic mass is 10.0. The van der Waals surface area contributed by atoms with E-state index < -0.39 is 0 Å². The predicted octanol–water partition coefficient (Wildman–Crippen LogP) is 1.95. The zero-order valence-electron chi connectivity index (χ0n) is 11.1. The molecule has 1 aliphatic rings. The third-order valence-electron chi connectivity index (χ3n) is 3.33. The number of nitrogens with zero attached hydrogens (tertiary/aromatic N) is 2. The Morgan fingerprint density at radius 3 is 3.10 bits per heavy atom. The van der Waals surface area contributed by atoms with Crippen molar-refractivity contribution in [1.82, 2.24) is 15.3 Å². The minimum absolute atomic E-state index is 0.565. The van der Waals surface area contributed by atoms with Gasteiger partial charge in [-0.3, -0.25) is 9.78 Å². The highest BCUT2D eigenvalue weighted by molar-refractivity contribution is 5.84. The summed E-state index contributed by atoms with van der Waals surface area (Å²) in [6.07, 6.45) is 8.10. The van der Waals surface area contributed by atoms with Gasteiger partial charge in [0.1, 0.15) is 5.82 Å². The number of carbonyl (C=O) groups excluding carboxylic acids is 1. The van der Waals surface area contributed by atoms with Crippen molar-refractivity contribution in [1.29, 1.82) is 0 Å². The third kappa shape index (κ3) is 2.25. The first-order valence-electron chi connectivity index (χ1n) is 6.33. The fourth-order valence-corrected chi connectivity index (χ4v) is 2.25. The zero-order chi connectivity index (χ0) is 13.9. The zero-order valence-corrected chi connectivity index (χ0v) is 11.1. The predicted molar refractivity (Wildman–Crippen MR) is 77.6 cm³/mol. The quantitative estimate of drug-likeness (QED) is 0.833. The minimum Gasteiger partial charge on any atom is -0.380 e. The summed E-state index contributed by atoms with van der Waals surface area (Å²) in [7, 11) is 0. The number of nitrogens with one attached hydrogen (secondary N) is 2. The van der Waals surface area contributed by atoms with Crippen LogP contribution in [0.5, 0.6) is 0 Å². The van der Waals surface area contributed by atoms with E-state index in [-0.39, 0.29) is 0 Å².